The van der Waals surface area contributed by atoms with Crippen LogP contribution in [0.25, 0.3) is 0 Å². The predicted octanol–water partition coefficient (Wildman–Crippen LogP) is 3.57. The van der Waals surface area contributed by atoms with Crippen molar-refractivity contribution in [3.05, 3.63) is 45.6 Å². The van der Waals surface area contributed by atoms with Gasteiger partial charge in [-0.2, -0.15) is 0 Å². The Morgan fingerprint density at radius 1 is 1.15 bits per heavy atom. The maximum absolute atomic E-state index is 13.7. The molecule has 2 amide bonds. The fourth-order valence-corrected chi connectivity index (χ4v) is 3.33. The van der Waals surface area contributed by atoms with Crippen molar-refractivity contribution in [1.29, 1.82) is 0 Å². The lowest BCUT2D eigenvalue weighted by Gasteiger charge is -2.09. The molecule has 0 aliphatic rings. The zero-order chi connectivity index (χ0) is 19.4. The highest BCUT2D eigenvalue weighted by molar-refractivity contribution is 7.16. The molecular weight excluding hydrogens is 359 g/mol. The molecule has 0 aliphatic heterocycles. The minimum atomic E-state index is -0.727. The van der Waals surface area contributed by atoms with E-state index in [2.05, 4.69) is 10.6 Å². The zero-order valence-corrected chi connectivity index (χ0v) is 15.7. The minimum Gasteiger partial charge on any atom is -0.452 e. The molecule has 6 nitrogen and oxygen atoms in total. The van der Waals surface area contributed by atoms with Gasteiger partial charge in [-0.05, 0) is 44.0 Å². The number of amides is 2. The van der Waals surface area contributed by atoms with Gasteiger partial charge in [-0.15, -0.1) is 11.3 Å². The molecule has 138 valence electrons. The summed E-state index contributed by atoms with van der Waals surface area (Å²) in [5.41, 5.74) is 1.63. The monoisotopic (exact) mass is 378 g/mol. The molecule has 2 rings (SSSR count). The molecule has 0 unspecified atom stereocenters. The molecule has 0 atom stereocenters. The molecule has 1 heterocycles. The van der Waals surface area contributed by atoms with Crippen LogP contribution in [-0.4, -0.2) is 24.4 Å². The standard InChI is InChI=1S/C18H19FN2O4S/c1-9-5-6-14(13(19)7-9)21-15(23)8-25-18(24)16-10(2)11(3)26-17(16)20-12(4)22/h5-7H,8H2,1-4H3,(H,20,22)(H,21,23). The van der Waals surface area contributed by atoms with Gasteiger partial charge >= 0.3 is 5.97 Å². The zero-order valence-electron chi connectivity index (χ0n) is 14.9. The van der Waals surface area contributed by atoms with Crippen molar-refractivity contribution in [2.24, 2.45) is 0 Å². The van der Waals surface area contributed by atoms with Gasteiger partial charge in [-0.1, -0.05) is 6.07 Å². The van der Waals surface area contributed by atoms with E-state index < -0.39 is 24.3 Å². The van der Waals surface area contributed by atoms with Crippen molar-refractivity contribution in [1.82, 2.24) is 0 Å². The van der Waals surface area contributed by atoms with Crippen LogP contribution in [0.4, 0.5) is 15.1 Å². The van der Waals surface area contributed by atoms with E-state index in [1.54, 1.807) is 19.9 Å². The Morgan fingerprint density at radius 2 is 1.85 bits per heavy atom. The second kappa shape index (κ2) is 8.09. The summed E-state index contributed by atoms with van der Waals surface area (Å²) >= 11 is 1.25. The van der Waals surface area contributed by atoms with Gasteiger partial charge in [0.1, 0.15) is 10.8 Å². The highest BCUT2D eigenvalue weighted by atomic mass is 32.1. The number of aryl methyl sites for hydroxylation is 2. The largest absolute Gasteiger partial charge is 0.452 e. The molecule has 26 heavy (non-hydrogen) atoms. The molecule has 8 heteroatoms. The Hall–Kier alpha value is -2.74. The summed E-state index contributed by atoms with van der Waals surface area (Å²) in [7, 11) is 0. The molecule has 2 aromatic rings. The lowest BCUT2D eigenvalue weighted by atomic mass is 10.1. The quantitative estimate of drug-likeness (QED) is 0.779. The van der Waals surface area contributed by atoms with E-state index in [9.17, 15) is 18.8 Å². The van der Waals surface area contributed by atoms with Gasteiger partial charge in [0, 0.05) is 11.8 Å². The normalized spacial score (nSPS) is 10.3. The molecule has 0 fully saturated rings. The summed E-state index contributed by atoms with van der Waals surface area (Å²) in [6.07, 6.45) is 0. The SMILES string of the molecule is CC(=O)Nc1sc(C)c(C)c1C(=O)OCC(=O)Nc1ccc(C)cc1F. The third-order valence-electron chi connectivity index (χ3n) is 3.61. The Balaban J connectivity index is 2.04. The smallest absolute Gasteiger partial charge is 0.341 e. The summed E-state index contributed by atoms with van der Waals surface area (Å²) in [4.78, 5) is 36.4. The molecule has 0 bridgehead atoms. The molecule has 0 saturated carbocycles. The Kier molecular flexibility index (Phi) is 6.10. The number of anilines is 2. The fourth-order valence-electron chi connectivity index (χ4n) is 2.23. The number of carbonyl (C=O) groups is 3. The van der Waals surface area contributed by atoms with E-state index in [4.69, 9.17) is 4.74 Å². The second-order valence-electron chi connectivity index (χ2n) is 5.78. The number of hydrogen-bond donors (Lipinski definition) is 2. The van der Waals surface area contributed by atoms with Gasteiger partial charge in [-0.25, -0.2) is 9.18 Å². The van der Waals surface area contributed by atoms with E-state index in [1.165, 1.54) is 30.4 Å². The van der Waals surface area contributed by atoms with Crippen LogP contribution < -0.4 is 10.6 Å². The van der Waals surface area contributed by atoms with E-state index in [1.807, 2.05) is 6.92 Å². The molecule has 0 aliphatic carbocycles. The van der Waals surface area contributed by atoms with E-state index in [0.29, 0.717) is 10.6 Å². The topological polar surface area (TPSA) is 84.5 Å². The minimum absolute atomic E-state index is 0.0122. The second-order valence-corrected chi connectivity index (χ2v) is 7.00. The summed E-state index contributed by atoms with van der Waals surface area (Å²) in [5.74, 6) is -2.27. The lowest BCUT2D eigenvalue weighted by molar-refractivity contribution is -0.119. The molecule has 0 radical (unpaired) electrons. The Morgan fingerprint density at radius 3 is 2.46 bits per heavy atom. The summed E-state index contributed by atoms with van der Waals surface area (Å²) < 4.78 is 18.8. The fraction of sp³-hybridized carbons (Fsp3) is 0.278. The van der Waals surface area contributed by atoms with Gasteiger partial charge in [0.15, 0.2) is 6.61 Å². The number of thiophene rings is 1. The van der Waals surface area contributed by atoms with E-state index >= 15 is 0 Å². The van der Waals surface area contributed by atoms with Crippen LogP contribution in [0.2, 0.25) is 0 Å². The Bertz CT molecular complexity index is 876. The van der Waals surface area contributed by atoms with E-state index in [-0.39, 0.29) is 17.2 Å². The van der Waals surface area contributed by atoms with Crippen LogP contribution in [-0.2, 0) is 14.3 Å². The van der Waals surface area contributed by atoms with Gasteiger partial charge < -0.3 is 15.4 Å². The van der Waals surface area contributed by atoms with E-state index in [0.717, 1.165) is 10.4 Å². The first-order chi connectivity index (χ1) is 12.2. The predicted molar refractivity (Wildman–Crippen MR) is 98.1 cm³/mol. The van der Waals surface area contributed by atoms with Crippen LogP contribution in [0.15, 0.2) is 18.2 Å². The lowest BCUT2D eigenvalue weighted by Crippen LogP contribution is -2.22. The number of carbonyl (C=O) groups excluding carboxylic acids is 3. The van der Waals surface area contributed by atoms with Crippen molar-refractivity contribution in [3.63, 3.8) is 0 Å². The van der Waals surface area contributed by atoms with Crippen molar-refractivity contribution in [3.8, 4) is 0 Å². The van der Waals surface area contributed by atoms with Crippen LogP contribution in [0.3, 0.4) is 0 Å². The maximum Gasteiger partial charge on any atom is 0.341 e. The van der Waals surface area contributed by atoms with Crippen LogP contribution in [0, 0.1) is 26.6 Å². The van der Waals surface area contributed by atoms with Crippen LogP contribution >= 0.6 is 11.3 Å². The number of rotatable bonds is 5. The van der Waals surface area contributed by atoms with Gasteiger partial charge in [0.25, 0.3) is 5.91 Å². The average Bonchev–Trinajstić information content (AvgIpc) is 2.81. The molecular formula is C18H19FN2O4S. The number of ether oxygens (including phenoxy) is 1. The third kappa shape index (κ3) is 4.66. The van der Waals surface area contributed by atoms with Gasteiger partial charge in [-0.3, -0.25) is 9.59 Å². The van der Waals surface area contributed by atoms with Gasteiger partial charge in [0.05, 0.1) is 11.3 Å². The number of hydrogen-bond acceptors (Lipinski definition) is 5. The number of nitrogens with one attached hydrogen (secondary N) is 2. The van der Waals surface area contributed by atoms with Crippen molar-refractivity contribution < 1.29 is 23.5 Å². The first kappa shape index (κ1) is 19.6. The maximum atomic E-state index is 13.7. The molecule has 1 aromatic heterocycles. The first-order valence-corrected chi connectivity index (χ1v) is 8.61. The molecule has 0 saturated heterocycles. The first-order valence-electron chi connectivity index (χ1n) is 7.79. The van der Waals surface area contributed by atoms with Crippen molar-refractivity contribution in [2.75, 3.05) is 17.2 Å². The highest BCUT2D eigenvalue weighted by Gasteiger charge is 2.22. The average molecular weight is 378 g/mol. The summed E-state index contributed by atoms with van der Waals surface area (Å²) in [6, 6.07) is 4.38. The molecule has 1 aromatic carbocycles. The highest BCUT2D eigenvalue weighted by Crippen LogP contribution is 2.33. The van der Waals surface area contributed by atoms with Crippen LogP contribution in [0.5, 0.6) is 0 Å². The number of halogens is 1. The third-order valence-corrected chi connectivity index (χ3v) is 4.73. The van der Waals surface area contributed by atoms with Crippen LogP contribution in [0.1, 0.15) is 33.3 Å². The number of esters is 1. The number of benzene rings is 1. The molecule has 0 spiro atoms. The summed E-state index contributed by atoms with van der Waals surface area (Å²) in [5, 5.41) is 5.31. The Labute approximate surface area is 154 Å². The molecule has 2 N–H and O–H groups in total. The van der Waals surface area contributed by atoms with Gasteiger partial charge in [0.2, 0.25) is 5.91 Å². The van der Waals surface area contributed by atoms with Crippen molar-refractivity contribution in [2.45, 2.75) is 27.7 Å². The van der Waals surface area contributed by atoms with Crippen molar-refractivity contribution >= 4 is 39.8 Å². The summed E-state index contributed by atoms with van der Waals surface area (Å²) in [6.45, 7) is 6.04.